The zero-order valence-electron chi connectivity index (χ0n) is 19.2. The van der Waals surface area contributed by atoms with Crippen LogP contribution in [0, 0.1) is 5.82 Å². The highest BCUT2D eigenvalue weighted by Crippen LogP contribution is 2.43. The molecule has 36 heavy (non-hydrogen) atoms. The van der Waals surface area contributed by atoms with E-state index in [0.717, 1.165) is 42.4 Å². The standard InChI is InChI=1S/C21H22F7N3O3S2/c1-12-11-30(16-5-4-14(22)10-15(16)20(23,24)25)8-9-31(12)36(33,34)18-7-6-17(35-18)19(3,21(26,27)28)29-13(2)32/h4-7,10,12H,8-9,11H2,1-3H3,(H,29,32)/t12-,19?/m1/s1. The number of anilines is 1. The Morgan fingerprint density at radius 1 is 1.08 bits per heavy atom. The van der Waals surface area contributed by atoms with Gasteiger partial charge in [0.05, 0.1) is 5.56 Å². The average molecular weight is 562 g/mol. The monoisotopic (exact) mass is 561 g/mol. The lowest BCUT2D eigenvalue weighted by molar-refractivity contribution is -0.196. The van der Waals surface area contributed by atoms with Gasteiger partial charge in [-0.3, -0.25) is 4.79 Å². The number of benzene rings is 1. The molecule has 200 valence electrons. The highest BCUT2D eigenvalue weighted by atomic mass is 32.2. The van der Waals surface area contributed by atoms with E-state index < -0.39 is 60.3 Å². The molecule has 2 atom stereocenters. The molecule has 1 N–H and O–H groups in total. The number of halogens is 7. The Morgan fingerprint density at radius 2 is 1.72 bits per heavy atom. The van der Waals surface area contributed by atoms with Crippen LogP contribution >= 0.6 is 11.3 Å². The number of nitrogens with one attached hydrogen (secondary N) is 1. The molecule has 0 aliphatic carbocycles. The summed E-state index contributed by atoms with van der Waals surface area (Å²) in [5.41, 5.74) is -4.32. The van der Waals surface area contributed by atoms with Crippen molar-refractivity contribution >= 4 is 33.0 Å². The third-order valence-corrected chi connectivity index (χ3v) is 9.59. The normalized spacial score (nSPS) is 19.7. The van der Waals surface area contributed by atoms with E-state index in [1.807, 2.05) is 5.32 Å². The Labute approximate surface area is 206 Å². The Hall–Kier alpha value is -2.39. The largest absolute Gasteiger partial charge is 0.418 e. The Balaban J connectivity index is 1.88. The summed E-state index contributed by atoms with van der Waals surface area (Å²) in [4.78, 5) is 12.2. The fraction of sp³-hybridized carbons (Fsp3) is 0.476. The van der Waals surface area contributed by atoms with E-state index >= 15 is 0 Å². The SMILES string of the molecule is CC(=O)NC(C)(c1ccc(S(=O)(=O)N2CCN(c3ccc(F)cc3C(F)(F)F)C[C@H]2C)s1)C(F)(F)F. The van der Waals surface area contributed by atoms with E-state index in [1.165, 1.54) is 11.8 Å². The summed E-state index contributed by atoms with van der Waals surface area (Å²) in [6, 6.07) is 3.32. The maximum absolute atomic E-state index is 13.7. The summed E-state index contributed by atoms with van der Waals surface area (Å²) in [6.07, 6.45) is -9.76. The molecule has 1 aliphatic heterocycles. The zero-order chi connectivity index (χ0) is 27.3. The van der Waals surface area contributed by atoms with Crippen molar-refractivity contribution in [2.24, 2.45) is 0 Å². The molecular formula is C21H22F7N3O3S2. The summed E-state index contributed by atoms with van der Waals surface area (Å²) >= 11 is 0.348. The molecule has 1 saturated heterocycles. The van der Waals surface area contributed by atoms with E-state index in [-0.39, 0.29) is 25.3 Å². The van der Waals surface area contributed by atoms with Crippen LogP contribution in [0.2, 0.25) is 0 Å². The number of rotatable bonds is 5. The van der Waals surface area contributed by atoms with Gasteiger partial charge in [0.2, 0.25) is 5.91 Å². The van der Waals surface area contributed by atoms with Crippen molar-refractivity contribution in [3.63, 3.8) is 0 Å². The van der Waals surface area contributed by atoms with Gasteiger partial charge in [-0.25, -0.2) is 12.8 Å². The van der Waals surface area contributed by atoms with E-state index in [9.17, 15) is 43.9 Å². The third-order valence-electron chi connectivity index (χ3n) is 5.80. The predicted molar refractivity (Wildman–Crippen MR) is 119 cm³/mol. The molecule has 0 bridgehead atoms. The molecule has 2 heterocycles. The van der Waals surface area contributed by atoms with Gasteiger partial charge >= 0.3 is 12.4 Å². The molecule has 1 fully saturated rings. The number of sulfonamides is 1. The van der Waals surface area contributed by atoms with Gasteiger partial charge in [-0.05, 0) is 44.2 Å². The molecule has 1 aliphatic rings. The molecule has 1 aromatic carbocycles. The minimum Gasteiger partial charge on any atom is -0.368 e. The Kier molecular flexibility index (Phi) is 7.43. The summed E-state index contributed by atoms with van der Waals surface area (Å²) in [5.74, 6) is -2.03. The molecule has 1 amide bonds. The van der Waals surface area contributed by atoms with E-state index in [4.69, 9.17) is 0 Å². The minimum absolute atomic E-state index is 0.164. The fourth-order valence-electron chi connectivity index (χ4n) is 4.00. The number of carbonyl (C=O) groups excluding carboxylic acids is 1. The van der Waals surface area contributed by atoms with E-state index in [0.29, 0.717) is 17.4 Å². The summed E-state index contributed by atoms with van der Waals surface area (Å²) in [7, 11) is -4.31. The quantitative estimate of drug-likeness (QED) is 0.537. The van der Waals surface area contributed by atoms with Gasteiger partial charge in [-0.2, -0.15) is 30.6 Å². The van der Waals surface area contributed by atoms with Crippen LogP contribution in [0.25, 0.3) is 0 Å². The van der Waals surface area contributed by atoms with Crippen molar-refractivity contribution in [2.45, 2.75) is 48.9 Å². The first-order valence-electron chi connectivity index (χ1n) is 10.5. The smallest absolute Gasteiger partial charge is 0.368 e. The van der Waals surface area contributed by atoms with Gasteiger partial charge in [0.15, 0.2) is 5.54 Å². The lowest BCUT2D eigenvalue weighted by atomic mass is 9.99. The summed E-state index contributed by atoms with van der Waals surface area (Å²) < 4.78 is 122. The highest BCUT2D eigenvalue weighted by Gasteiger charge is 2.54. The van der Waals surface area contributed by atoms with E-state index in [2.05, 4.69) is 0 Å². The first-order chi connectivity index (χ1) is 16.4. The number of hydrogen-bond acceptors (Lipinski definition) is 5. The number of carbonyl (C=O) groups is 1. The molecule has 2 aromatic rings. The molecule has 6 nitrogen and oxygen atoms in total. The molecule has 0 saturated carbocycles. The van der Waals surface area contributed by atoms with Crippen LogP contribution < -0.4 is 10.2 Å². The van der Waals surface area contributed by atoms with Crippen LogP contribution in [-0.4, -0.2) is 50.5 Å². The predicted octanol–water partition coefficient (Wildman–Crippen LogP) is 4.72. The first kappa shape index (κ1) is 28.2. The van der Waals surface area contributed by atoms with Crippen LogP contribution in [0.15, 0.2) is 34.5 Å². The Bertz CT molecular complexity index is 1240. The van der Waals surface area contributed by atoms with Crippen molar-refractivity contribution in [3.8, 4) is 0 Å². The molecule has 3 rings (SSSR count). The molecule has 1 aromatic heterocycles. The first-order valence-corrected chi connectivity index (χ1v) is 12.7. The maximum Gasteiger partial charge on any atom is 0.418 e. The van der Waals surface area contributed by atoms with Gasteiger partial charge in [-0.1, -0.05) is 0 Å². The van der Waals surface area contributed by atoms with Crippen molar-refractivity contribution in [1.29, 1.82) is 0 Å². The van der Waals surface area contributed by atoms with Crippen LogP contribution in [0.1, 0.15) is 31.2 Å². The summed E-state index contributed by atoms with van der Waals surface area (Å²) in [5, 5.41) is 1.82. The van der Waals surface area contributed by atoms with E-state index in [1.54, 1.807) is 0 Å². The third kappa shape index (κ3) is 5.32. The number of piperazine rings is 1. The average Bonchev–Trinajstić information content (AvgIpc) is 3.23. The van der Waals surface area contributed by atoms with Crippen molar-refractivity contribution in [3.05, 3.63) is 46.6 Å². The highest BCUT2D eigenvalue weighted by molar-refractivity contribution is 7.91. The van der Waals surface area contributed by atoms with Crippen LogP contribution in [0.5, 0.6) is 0 Å². The van der Waals surface area contributed by atoms with Gasteiger partial charge in [0, 0.05) is 43.2 Å². The minimum atomic E-state index is -4.92. The van der Waals surface area contributed by atoms with Crippen LogP contribution in [0.3, 0.4) is 0 Å². The molecule has 0 spiro atoms. The number of amides is 1. The van der Waals surface area contributed by atoms with Gasteiger partial charge < -0.3 is 10.2 Å². The van der Waals surface area contributed by atoms with Gasteiger partial charge in [-0.15, -0.1) is 11.3 Å². The van der Waals surface area contributed by atoms with Crippen molar-refractivity contribution < 1.29 is 43.9 Å². The topological polar surface area (TPSA) is 69.7 Å². The maximum atomic E-state index is 13.7. The second-order valence-corrected chi connectivity index (χ2v) is 11.7. The summed E-state index contributed by atoms with van der Waals surface area (Å²) in [6.45, 7) is 2.49. The number of thiophene rings is 1. The fourth-order valence-corrected chi connectivity index (χ4v) is 7.17. The van der Waals surface area contributed by atoms with Gasteiger partial charge in [0.1, 0.15) is 10.0 Å². The molecule has 1 unspecified atom stereocenters. The molecule has 15 heteroatoms. The molecular weight excluding hydrogens is 539 g/mol. The number of alkyl halides is 6. The van der Waals surface area contributed by atoms with Crippen molar-refractivity contribution in [1.82, 2.24) is 9.62 Å². The van der Waals surface area contributed by atoms with Crippen molar-refractivity contribution in [2.75, 3.05) is 24.5 Å². The second-order valence-electron chi connectivity index (χ2n) is 8.49. The number of nitrogens with zero attached hydrogens (tertiary/aromatic N) is 2. The second kappa shape index (κ2) is 9.49. The van der Waals surface area contributed by atoms with Crippen LogP contribution in [0.4, 0.5) is 36.4 Å². The number of hydrogen-bond donors (Lipinski definition) is 1. The lowest BCUT2D eigenvalue weighted by Gasteiger charge is -2.40. The van der Waals surface area contributed by atoms with Crippen LogP contribution in [-0.2, 0) is 26.5 Å². The van der Waals surface area contributed by atoms with Gasteiger partial charge in [0.25, 0.3) is 10.0 Å². The lowest BCUT2D eigenvalue weighted by Crippen LogP contribution is -2.54. The molecule has 0 radical (unpaired) electrons. The Morgan fingerprint density at radius 3 is 2.25 bits per heavy atom. The zero-order valence-corrected chi connectivity index (χ0v) is 20.8.